The van der Waals surface area contributed by atoms with E-state index in [1.807, 2.05) is 13.1 Å². The Morgan fingerprint density at radius 1 is 1.38 bits per heavy atom. The second kappa shape index (κ2) is 8.23. The van der Waals surface area contributed by atoms with Crippen molar-refractivity contribution in [3.63, 3.8) is 0 Å². The highest BCUT2D eigenvalue weighted by atomic mass is 16.1. The first-order valence-corrected chi connectivity index (χ1v) is 8.99. The number of aryl methyl sites for hydroxylation is 2. The van der Waals surface area contributed by atoms with E-state index >= 15 is 0 Å². The van der Waals surface area contributed by atoms with Gasteiger partial charge in [0.15, 0.2) is 0 Å². The third-order valence-electron chi connectivity index (χ3n) is 4.81. The molecule has 3 heterocycles. The molecule has 1 N–H and O–H groups in total. The van der Waals surface area contributed by atoms with Crippen LogP contribution in [0.25, 0.3) is 0 Å². The van der Waals surface area contributed by atoms with Crippen LogP contribution >= 0.6 is 0 Å². The predicted molar refractivity (Wildman–Crippen MR) is 98.5 cm³/mol. The Hall–Kier alpha value is -2.54. The van der Waals surface area contributed by atoms with Crippen LogP contribution in [0.2, 0.25) is 0 Å². The highest BCUT2D eigenvalue weighted by molar-refractivity contribution is 5.75. The van der Waals surface area contributed by atoms with E-state index in [0.29, 0.717) is 13.1 Å². The van der Waals surface area contributed by atoms with Crippen LogP contribution in [0.5, 0.6) is 0 Å². The van der Waals surface area contributed by atoms with Crippen molar-refractivity contribution in [2.24, 2.45) is 0 Å². The molecule has 1 saturated heterocycles. The third kappa shape index (κ3) is 4.35. The van der Waals surface area contributed by atoms with Crippen molar-refractivity contribution in [3.05, 3.63) is 58.0 Å². The zero-order valence-electron chi connectivity index (χ0n) is 15.3. The summed E-state index contributed by atoms with van der Waals surface area (Å²) in [5, 5.41) is 2.93. The number of hydrogen-bond acceptors (Lipinski definition) is 5. The van der Waals surface area contributed by atoms with Crippen molar-refractivity contribution < 1.29 is 4.79 Å². The smallest absolute Gasteiger partial charge is 0.250 e. The van der Waals surface area contributed by atoms with Gasteiger partial charge in [-0.25, -0.2) is 9.97 Å². The van der Waals surface area contributed by atoms with Gasteiger partial charge in [-0.05, 0) is 39.4 Å². The average Bonchev–Trinajstić information content (AvgIpc) is 3.05. The summed E-state index contributed by atoms with van der Waals surface area (Å²) >= 11 is 0. The van der Waals surface area contributed by atoms with Crippen molar-refractivity contribution >= 4 is 5.91 Å². The summed E-state index contributed by atoms with van der Waals surface area (Å²) in [6, 6.07) is 5.25. The minimum atomic E-state index is -0.0983. The Balaban J connectivity index is 1.61. The number of amides is 1. The zero-order chi connectivity index (χ0) is 18.5. The third-order valence-corrected chi connectivity index (χ3v) is 4.81. The number of likely N-dealkylation sites (tertiary alicyclic amines) is 1. The monoisotopic (exact) mass is 355 g/mol. The minimum absolute atomic E-state index is 0.0907. The molecule has 0 spiro atoms. The van der Waals surface area contributed by atoms with Crippen molar-refractivity contribution in [1.29, 1.82) is 0 Å². The first kappa shape index (κ1) is 18.3. The number of nitrogens with one attached hydrogen (secondary N) is 1. The molecule has 7 heteroatoms. The van der Waals surface area contributed by atoms with Gasteiger partial charge < -0.3 is 9.88 Å². The van der Waals surface area contributed by atoms with Crippen LogP contribution < -0.4 is 10.9 Å². The van der Waals surface area contributed by atoms with E-state index in [-0.39, 0.29) is 23.9 Å². The van der Waals surface area contributed by atoms with Gasteiger partial charge in [-0.2, -0.15) is 0 Å². The number of carbonyl (C=O) groups excluding carboxylic acids is 1. The number of hydrogen-bond donors (Lipinski definition) is 1. The van der Waals surface area contributed by atoms with Crippen molar-refractivity contribution in [2.75, 3.05) is 13.6 Å². The van der Waals surface area contributed by atoms with Gasteiger partial charge in [-0.15, -0.1) is 0 Å². The maximum atomic E-state index is 12.2. The average molecular weight is 355 g/mol. The lowest BCUT2D eigenvalue weighted by atomic mass is 10.1. The summed E-state index contributed by atoms with van der Waals surface area (Å²) in [5.74, 6) is 0.658. The number of pyridine rings is 1. The highest BCUT2D eigenvalue weighted by Gasteiger charge is 2.26. The fourth-order valence-electron chi connectivity index (χ4n) is 3.34. The Kier molecular flexibility index (Phi) is 5.78. The topological polar surface area (TPSA) is 80.1 Å². The molecule has 2 aromatic rings. The van der Waals surface area contributed by atoms with E-state index in [1.165, 1.54) is 10.6 Å². The number of rotatable bonds is 6. The van der Waals surface area contributed by atoms with E-state index in [2.05, 4.69) is 27.2 Å². The van der Waals surface area contributed by atoms with E-state index < -0.39 is 0 Å². The molecule has 3 rings (SSSR count). The summed E-state index contributed by atoms with van der Waals surface area (Å²) in [5.41, 5.74) is 1.87. The second-order valence-corrected chi connectivity index (χ2v) is 6.73. The maximum absolute atomic E-state index is 12.2. The number of carbonyl (C=O) groups is 1. The standard InChI is InChI=1S/C19H25N5O2/c1-14-20-12-15(19(22-14)16-6-5-9-23(16)2)13-21-17(25)8-11-24-10-4-3-7-18(24)26/h3-4,7,10,12,16H,5-6,8-9,11,13H2,1-2H3,(H,21,25)/t16-/m1/s1. The van der Waals surface area contributed by atoms with Crippen LogP contribution in [0.15, 0.2) is 35.4 Å². The summed E-state index contributed by atoms with van der Waals surface area (Å²) in [4.78, 5) is 35.1. The van der Waals surface area contributed by atoms with Crippen LogP contribution in [-0.2, 0) is 17.9 Å². The van der Waals surface area contributed by atoms with Gasteiger partial charge in [0.25, 0.3) is 5.56 Å². The van der Waals surface area contributed by atoms with Crippen LogP contribution in [0, 0.1) is 6.92 Å². The van der Waals surface area contributed by atoms with Crippen LogP contribution in [0.3, 0.4) is 0 Å². The molecule has 0 unspecified atom stereocenters. The molecule has 1 fully saturated rings. The maximum Gasteiger partial charge on any atom is 0.250 e. The molecule has 26 heavy (non-hydrogen) atoms. The lowest BCUT2D eigenvalue weighted by Crippen LogP contribution is -2.28. The molecule has 1 aliphatic heterocycles. The van der Waals surface area contributed by atoms with Gasteiger partial charge in [0.1, 0.15) is 5.82 Å². The quantitative estimate of drug-likeness (QED) is 0.848. The van der Waals surface area contributed by atoms with Gasteiger partial charge in [0, 0.05) is 43.5 Å². The summed E-state index contributed by atoms with van der Waals surface area (Å²) < 4.78 is 1.54. The summed E-state index contributed by atoms with van der Waals surface area (Å²) in [6.07, 6.45) is 5.99. The van der Waals surface area contributed by atoms with Crippen molar-refractivity contribution in [1.82, 2.24) is 24.8 Å². The van der Waals surface area contributed by atoms with E-state index in [0.717, 1.165) is 36.5 Å². The predicted octanol–water partition coefficient (Wildman–Crippen LogP) is 1.42. The van der Waals surface area contributed by atoms with E-state index in [4.69, 9.17) is 0 Å². The minimum Gasteiger partial charge on any atom is -0.352 e. The lowest BCUT2D eigenvalue weighted by molar-refractivity contribution is -0.121. The highest BCUT2D eigenvalue weighted by Crippen LogP contribution is 2.30. The molecule has 0 aromatic carbocycles. The van der Waals surface area contributed by atoms with Gasteiger partial charge >= 0.3 is 0 Å². The molecule has 2 aromatic heterocycles. The number of nitrogens with zero attached hydrogens (tertiary/aromatic N) is 4. The van der Waals surface area contributed by atoms with Crippen molar-refractivity contribution in [3.8, 4) is 0 Å². The number of aromatic nitrogens is 3. The molecule has 0 saturated carbocycles. The molecule has 1 atom stereocenters. The molecule has 0 bridgehead atoms. The first-order chi connectivity index (χ1) is 12.5. The van der Waals surface area contributed by atoms with Gasteiger partial charge in [0.2, 0.25) is 5.91 Å². The van der Waals surface area contributed by atoms with Crippen LogP contribution in [-0.4, -0.2) is 38.9 Å². The molecule has 1 amide bonds. The van der Waals surface area contributed by atoms with Gasteiger partial charge in [-0.1, -0.05) is 6.07 Å². The fourth-order valence-corrected chi connectivity index (χ4v) is 3.34. The van der Waals surface area contributed by atoms with Crippen LogP contribution in [0.4, 0.5) is 0 Å². The molecule has 1 aliphatic rings. The molecule has 0 radical (unpaired) electrons. The Morgan fingerprint density at radius 3 is 2.96 bits per heavy atom. The largest absolute Gasteiger partial charge is 0.352 e. The second-order valence-electron chi connectivity index (χ2n) is 6.73. The van der Waals surface area contributed by atoms with Crippen LogP contribution in [0.1, 0.15) is 42.4 Å². The summed E-state index contributed by atoms with van der Waals surface area (Å²) in [7, 11) is 2.11. The molecular formula is C19H25N5O2. The SMILES string of the molecule is Cc1ncc(CNC(=O)CCn2ccccc2=O)c([C@H]2CCCN2C)n1. The lowest BCUT2D eigenvalue weighted by Gasteiger charge is -2.21. The van der Waals surface area contributed by atoms with Gasteiger partial charge in [-0.3, -0.25) is 14.5 Å². The molecular weight excluding hydrogens is 330 g/mol. The van der Waals surface area contributed by atoms with Gasteiger partial charge in [0.05, 0.1) is 11.7 Å². The Bertz CT molecular complexity index is 833. The zero-order valence-corrected chi connectivity index (χ0v) is 15.3. The Labute approximate surface area is 153 Å². The van der Waals surface area contributed by atoms with Crippen molar-refractivity contribution in [2.45, 2.75) is 45.3 Å². The van der Waals surface area contributed by atoms with E-state index in [9.17, 15) is 9.59 Å². The summed E-state index contributed by atoms with van der Waals surface area (Å²) in [6.45, 7) is 3.72. The Morgan fingerprint density at radius 2 is 2.23 bits per heavy atom. The molecule has 7 nitrogen and oxygen atoms in total. The first-order valence-electron chi connectivity index (χ1n) is 8.99. The normalized spacial score (nSPS) is 17.4. The molecule has 0 aliphatic carbocycles. The molecule has 138 valence electrons. The fraction of sp³-hybridized carbons (Fsp3) is 0.474. The van der Waals surface area contributed by atoms with E-state index in [1.54, 1.807) is 18.3 Å².